The molecule has 33 heavy (non-hydrogen) atoms. The summed E-state index contributed by atoms with van der Waals surface area (Å²) >= 11 is 1.52. The van der Waals surface area contributed by atoms with Crippen molar-refractivity contribution in [3.8, 4) is 0 Å². The normalized spacial score (nSPS) is 16.1. The first-order chi connectivity index (χ1) is 15.9. The molecule has 1 amide bonds. The molecule has 3 heterocycles. The molecule has 0 saturated heterocycles. The van der Waals surface area contributed by atoms with Gasteiger partial charge in [-0.25, -0.2) is 0 Å². The predicted octanol–water partition coefficient (Wildman–Crippen LogP) is 5.34. The van der Waals surface area contributed by atoms with Crippen molar-refractivity contribution in [2.24, 2.45) is 0 Å². The summed E-state index contributed by atoms with van der Waals surface area (Å²) in [5, 5.41) is 13.6. The molecule has 1 N–H and O–H groups in total. The number of benzene rings is 2. The Morgan fingerprint density at radius 1 is 1.09 bits per heavy atom. The third kappa shape index (κ3) is 3.70. The molecule has 1 atom stereocenters. The Bertz CT molecular complexity index is 1330. The van der Waals surface area contributed by atoms with Crippen LogP contribution >= 0.6 is 11.3 Å². The van der Waals surface area contributed by atoms with E-state index in [2.05, 4.69) is 0 Å². The van der Waals surface area contributed by atoms with Gasteiger partial charge in [0.05, 0.1) is 18.2 Å². The van der Waals surface area contributed by atoms with Crippen molar-refractivity contribution in [1.29, 1.82) is 0 Å². The summed E-state index contributed by atoms with van der Waals surface area (Å²) < 4.78 is 5.77. The number of Topliss-reactive ketones (excluding diaryl/α,β-unsaturated/α-hetero) is 1. The number of thiophene rings is 1. The third-order valence-electron chi connectivity index (χ3n) is 5.83. The van der Waals surface area contributed by atoms with Gasteiger partial charge >= 0.3 is 0 Å². The monoisotopic (exact) mass is 458 g/mol. The molecule has 166 valence electrons. The van der Waals surface area contributed by atoms with Gasteiger partial charge in [-0.1, -0.05) is 36.4 Å². The van der Waals surface area contributed by atoms with Gasteiger partial charge in [0, 0.05) is 30.0 Å². The number of carbonyl (C=O) groups excluding carboxylic acids is 2. The number of ketones is 1. The van der Waals surface area contributed by atoms with Gasteiger partial charge in [0.15, 0.2) is 11.5 Å². The average molecular weight is 459 g/mol. The van der Waals surface area contributed by atoms with E-state index in [0.717, 1.165) is 21.5 Å². The molecule has 0 saturated carbocycles. The summed E-state index contributed by atoms with van der Waals surface area (Å²) in [5.41, 5.74) is 2.35. The SMILES string of the molecule is CN(C)c1ccc(C2C(C(=O)c3cc4ccccc4o3)=C(O)C(=O)N2Cc2cccs2)cc1. The van der Waals surface area contributed by atoms with Gasteiger partial charge in [0.1, 0.15) is 5.58 Å². The molecule has 5 rings (SSSR count). The second-order valence-electron chi connectivity index (χ2n) is 8.14. The number of anilines is 1. The van der Waals surface area contributed by atoms with Crippen molar-refractivity contribution >= 4 is 39.7 Å². The summed E-state index contributed by atoms with van der Waals surface area (Å²) in [7, 11) is 3.89. The van der Waals surface area contributed by atoms with Crippen LogP contribution in [0.15, 0.2) is 87.9 Å². The first-order valence-corrected chi connectivity index (χ1v) is 11.4. The van der Waals surface area contributed by atoms with Crippen LogP contribution in [0.4, 0.5) is 5.69 Å². The maximum Gasteiger partial charge on any atom is 0.290 e. The van der Waals surface area contributed by atoms with Crippen LogP contribution in [-0.4, -0.2) is 35.8 Å². The Morgan fingerprint density at radius 2 is 1.85 bits per heavy atom. The summed E-state index contributed by atoms with van der Waals surface area (Å²) in [4.78, 5) is 31.2. The lowest BCUT2D eigenvalue weighted by atomic mass is 9.94. The lowest BCUT2D eigenvalue weighted by Gasteiger charge is -2.26. The Kier molecular flexibility index (Phi) is 5.26. The lowest BCUT2D eigenvalue weighted by molar-refractivity contribution is -0.130. The number of para-hydroxylation sites is 1. The van der Waals surface area contributed by atoms with Gasteiger partial charge in [0.25, 0.3) is 5.91 Å². The van der Waals surface area contributed by atoms with Gasteiger partial charge in [-0.2, -0.15) is 0 Å². The van der Waals surface area contributed by atoms with Crippen LogP contribution in [0, 0.1) is 0 Å². The number of aliphatic hydroxyl groups excluding tert-OH is 1. The highest BCUT2D eigenvalue weighted by Gasteiger charge is 2.44. The quantitative estimate of drug-likeness (QED) is 0.395. The van der Waals surface area contributed by atoms with E-state index in [-0.39, 0.29) is 17.9 Å². The molecule has 2 aromatic heterocycles. The van der Waals surface area contributed by atoms with Gasteiger partial charge in [-0.15, -0.1) is 11.3 Å². The van der Waals surface area contributed by atoms with Crippen molar-refractivity contribution in [3.63, 3.8) is 0 Å². The zero-order valence-corrected chi connectivity index (χ0v) is 19.0. The zero-order chi connectivity index (χ0) is 23.1. The van der Waals surface area contributed by atoms with E-state index in [1.165, 1.54) is 11.3 Å². The molecule has 2 aromatic carbocycles. The Balaban J connectivity index is 1.59. The van der Waals surface area contributed by atoms with E-state index in [4.69, 9.17) is 4.42 Å². The highest BCUT2D eigenvalue weighted by atomic mass is 32.1. The largest absolute Gasteiger partial charge is 0.503 e. The van der Waals surface area contributed by atoms with Crippen molar-refractivity contribution < 1.29 is 19.1 Å². The third-order valence-corrected chi connectivity index (χ3v) is 6.69. The molecule has 7 heteroatoms. The van der Waals surface area contributed by atoms with Gasteiger partial charge in [-0.3, -0.25) is 9.59 Å². The van der Waals surface area contributed by atoms with Gasteiger partial charge in [-0.05, 0) is 41.3 Å². The summed E-state index contributed by atoms with van der Waals surface area (Å²) in [6.45, 7) is 0.289. The molecule has 0 radical (unpaired) electrons. The second-order valence-corrected chi connectivity index (χ2v) is 9.17. The van der Waals surface area contributed by atoms with Gasteiger partial charge in [0.2, 0.25) is 5.78 Å². The van der Waals surface area contributed by atoms with E-state index in [9.17, 15) is 14.7 Å². The topological polar surface area (TPSA) is 74.0 Å². The Labute approximate surface area is 195 Å². The number of hydrogen-bond donors (Lipinski definition) is 1. The van der Waals surface area contributed by atoms with Crippen molar-refractivity contribution in [3.05, 3.63) is 99.6 Å². The smallest absolute Gasteiger partial charge is 0.290 e. The highest BCUT2D eigenvalue weighted by molar-refractivity contribution is 7.09. The average Bonchev–Trinajstić information content (AvgIpc) is 3.54. The van der Waals surface area contributed by atoms with E-state index in [0.29, 0.717) is 5.58 Å². The second kappa shape index (κ2) is 8.26. The van der Waals surface area contributed by atoms with Gasteiger partial charge < -0.3 is 19.3 Å². The molecule has 1 aliphatic rings. The first kappa shape index (κ1) is 21.0. The van der Waals surface area contributed by atoms with Crippen LogP contribution in [-0.2, 0) is 11.3 Å². The summed E-state index contributed by atoms with van der Waals surface area (Å²) in [6, 6.07) is 19.7. The van der Waals surface area contributed by atoms with Crippen LogP contribution in [0.2, 0.25) is 0 Å². The molecule has 0 spiro atoms. The Morgan fingerprint density at radius 3 is 2.52 bits per heavy atom. The van der Waals surface area contributed by atoms with Crippen LogP contribution in [0.1, 0.15) is 27.0 Å². The number of carbonyl (C=O) groups is 2. The molecular formula is C26H22N2O4S. The van der Waals surface area contributed by atoms with Crippen LogP contribution in [0.25, 0.3) is 11.0 Å². The van der Waals surface area contributed by atoms with E-state index in [1.807, 2.05) is 79.0 Å². The first-order valence-electron chi connectivity index (χ1n) is 10.5. The Hall–Kier alpha value is -3.84. The highest BCUT2D eigenvalue weighted by Crippen LogP contribution is 2.41. The van der Waals surface area contributed by atoms with Crippen LogP contribution < -0.4 is 4.90 Å². The van der Waals surface area contributed by atoms with E-state index >= 15 is 0 Å². The van der Waals surface area contributed by atoms with E-state index in [1.54, 1.807) is 17.0 Å². The van der Waals surface area contributed by atoms with Crippen molar-refractivity contribution in [1.82, 2.24) is 4.90 Å². The molecule has 0 fully saturated rings. The van der Waals surface area contributed by atoms with Crippen LogP contribution in [0.5, 0.6) is 0 Å². The van der Waals surface area contributed by atoms with E-state index < -0.39 is 23.5 Å². The maximum absolute atomic E-state index is 13.6. The number of hydrogen-bond acceptors (Lipinski definition) is 6. The minimum Gasteiger partial charge on any atom is -0.503 e. The minimum absolute atomic E-state index is 0.0354. The fourth-order valence-electron chi connectivity index (χ4n) is 4.15. The summed E-state index contributed by atoms with van der Waals surface area (Å²) in [6.07, 6.45) is 0. The number of fused-ring (bicyclic) bond motifs is 1. The van der Waals surface area contributed by atoms with Crippen LogP contribution in [0.3, 0.4) is 0 Å². The van der Waals surface area contributed by atoms with Crippen molar-refractivity contribution in [2.45, 2.75) is 12.6 Å². The minimum atomic E-state index is -0.725. The standard InChI is InChI=1S/C26H22N2O4S/c1-27(2)18-11-9-16(10-12-18)23-22(24(29)21-14-17-6-3-4-8-20(17)32-21)25(30)26(31)28(23)15-19-7-5-13-33-19/h3-14,23,30H,15H2,1-2H3. The molecule has 1 unspecified atom stereocenters. The fourth-order valence-corrected chi connectivity index (χ4v) is 4.85. The number of furan rings is 1. The molecule has 0 aliphatic carbocycles. The van der Waals surface area contributed by atoms with Crippen molar-refractivity contribution in [2.75, 3.05) is 19.0 Å². The zero-order valence-electron chi connectivity index (χ0n) is 18.2. The molecule has 6 nitrogen and oxygen atoms in total. The predicted molar refractivity (Wildman–Crippen MR) is 129 cm³/mol. The number of amides is 1. The lowest BCUT2D eigenvalue weighted by Crippen LogP contribution is -2.30. The molecule has 0 bridgehead atoms. The molecule has 1 aliphatic heterocycles. The summed E-state index contributed by atoms with van der Waals surface area (Å²) in [5.74, 6) is -1.49. The number of rotatable bonds is 6. The maximum atomic E-state index is 13.6. The molecule has 4 aromatic rings. The number of aliphatic hydroxyl groups is 1. The molecular weight excluding hydrogens is 436 g/mol. The number of nitrogens with zero attached hydrogens (tertiary/aromatic N) is 2. The fraction of sp³-hybridized carbons (Fsp3) is 0.154.